The van der Waals surface area contributed by atoms with E-state index in [0.29, 0.717) is 62.2 Å². The van der Waals surface area contributed by atoms with Gasteiger partial charge in [0.1, 0.15) is 11.4 Å². The van der Waals surface area contributed by atoms with Gasteiger partial charge in [0.05, 0.1) is 0 Å². The van der Waals surface area contributed by atoms with Crippen LogP contribution in [0.5, 0.6) is 0 Å². The van der Waals surface area contributed by atoms with Crippen LogP contribution in [0.15, 0.2) is 85.2 Å². The number of carbonyl (C=O) groups excluding carboxylic acids is 2. The second-order valence-corrected chi connectivity index (χ2v) is 15.8. The van der Waals surface area contributed by atoms with Gasteiger partial charge in [-0.15, -0.1) is 0 Å². The molecule has 0 bridgehead atoms. The average Bonchev–Trinajstić information content (AvgIpc) is 4.13. The third-order valence-electron chi connectivity index (χ3n) is 9.81. The number of amides is 2. The molecule has 5 heterocycles. The van der Waals surface area contributed by atoms with Crippen molar-refractivity contribution in [2.75, 3.05) is 19.6 Å². The Kier molecular flexibility index (Phi) is 20.9. The number of imidazole rings is 2. The minimum atomic E-state index is -0.155. The summed E-state index contributed by atoms with van der Waals surface area (Å²) in [5, 5.41) is 12.9. The van der Waals surface area contributed by atoms with E-state index in [-0.39, 0.29) is 63.8 Å². The van der Waals surface area contributed by atoms with Crippen LogP contribution >= 0.6 is 23.2 Å². The molecule has 2 aromatic carbocycles. The molecule has 3 aliphatic rings. The summed E-state index contributed by atoms with van der Waals surface area (Å²) in [5.41, 5.74) is 10.5. The van der Waals surface area contributed by atoms with E-state index in [1.807, 2.05) is 42.5 Å². The smallest absolute Gasteiger partial charge is 0.274 e. The van der Waals surface area contributed by atoms with Crippen LogP contribution in [-0.2, 0) is 0 Å². The number of likely N-dealkylation sites (tertiary alicyclic amines) is 1. The van der Waals surface area contributed by atoms with Gasteiger partial charge in [-0.05, 0) is 116 Å². The summed E-state index contributed by atoms with van der Waals surface area (Å²) in [4.78, 5) is 38.3. The molecular weight excluding hydrogens is 1030 g/mol. The van der Waals surface area contributed by atoms with Crippen LogP contribution in [-0.4, -0.2) is 104 Å². The Morgan fingerprint density at radius 2 is 1.21 bits per heavy atom. The van der Waals surface area contributed by atoms with Crippen LogP contribution in [0.3, 0.4) is 0 Å². The van der Waals surface area contributed by atoms with E-state index < -0.39 is 0 Å². The molecule has 6 aromatic rings. The predicted molar refractivity (Wildman–Crippen MR) is 248 cm³/mol. The summed E-state index contributed by atoms with van der Waals surface area (Å²) >= 11 is 11.9. The van der Waals surface area contributed by atoms with Crippen molar-refractivity contribution < 1.29 is 40.7 Å². The van der Waals surface area contributed by atoms with Crippen molar-refractivity contribution >= 4 is 54.7 Å². The van der Waals surface area contributed by atoms with Gasteiger partial charge in [-0.2, -0.15) is 10.2 Å². The van der Waals surface area contributed by atoms with E-state index >= 15 is 0 Å². The van der Waals surface area contributed by atoms with Crippen LogP contribution < -0.4 is 11.1 Å². The number of nitrogens with one attached hydrogen (secondary N) is 1. The topological polar surface area (TPSA) is 139 Å². The first-order chi connectivity index (χ1) is 28.4. The van der Waals surface area contributed by atoms with Gasteiger partial charge >= 0.3 is 0 Å². The van der Waals surface area contributed by atoms with E-state index in [1.54, 1.807) is 56.7 Å². The molecule has 2 amide bonds. The Bertz CT molecular complexity index is 2270. The summed E-state index contributed by atoms with van der Waals surface area (Å²) in [6.45, 7) is 13.9. The number of rotatable bonds is 8. The Labute approximate surface area is 398 Å². The fourth-order valence-corrected chi connectivity index (χ4v) is 6.64. The van der Waals surface area contributed by atoms with Crippen molar-refractivity contribution in [1.29, 1.82) is 1.34 Å². The molecule has 61 heavy (non-hydrogen) atoms. The van der Waals surface area contributed by atoms with Gasteiger partial charge < -0.3 is 16.0 Å². The maximum Gasteiger partial charge on any atom is 0.274 e. The molecule has 1 saturated heterocycles. The largest absolute Gasteiger partial charge is 0.348 e. The second-order valence-electron chi connectivity index (χ2n) is 15.0. The molecule has 324 valence electrons. The molecule has 12 nitrogen and oxygen atoms in total. The van der Waals surface area contributed by atoms with E-state index in [4.69, 9.17) is 30.3 Å². The number of halogens is 2. The van der Waals surface area contributed by atoms with E-state index in [0.717, 1.165) is 50.0 Å². The van der Waals surface area contributed by atoms with Crippen LogP contribution in [0.2, 0.25) is 10.0 Å². The zero-order valence-electron chi connectivity index (χ0n) is 35.4. The molecule has 9 rings (SSSR count). The van der Waals surface area contributed by atoms with Crippen LogP contribution in [0.4, 0.5) is 0 Å². The number of carbonyl (C=O) groups is 2. The molecule has 3 fully saturated rings. The number of aromatic nitrogens is 6. The summed E-state index contributed by atoms with van der Waals surface area (Å²) < 4.78 is 8.64. The first-order valence-electron chi connectivity index (χ1n) is 20.3. The first kappa shape index (κ1) is 51.6. The van der Waals surface area contributed by atoms with Gasteiger partial charge in [0, 0.05) is 110 Å². The second kappa shape index (κ2) is 24.8. The summed E-state index contributed by atoms with van der Waals surface area (Å²) in [6, 6.07) is 24.2. The molecule has 0 atom stereocenters. The third kappa shape index (κ3) is 14.1. The number of hydrogen-bond acceptors (Lipinski definition) is 8. The van der Waals surface area contributed by atoms with Gasteiger partial charge in [-0.3, -0.25) is 14.5 Å². The Hall–Kier alpha value is -3.76. The van der Waals surface area contributed by atoms with Crippen molar-refractivity contribution in [2.45, 2.75) is 106 Å². The van der Waals surface area contributed by atoms with Crippen LogP contribution in [0, 0.1) is 31.1 Å². The number of nitrogens with two attached hydrogens (primary N) is 1. The molecule has 2 aliphatic carbocycles. The van der Waals surface area contributed by atoms with Crippen molar-refractivity contribution in [3.63, 3.8) is 0 Å². The molecule has 16 heteroatoms. The van der Waals surface area contributed by atoms with Crippen LogP contribution in [0.1, 0.15) is 103 Å². The van der Waals surface area contributed by atoms with Crippen molar-refractivity contribution in [3.8, 4) is 22.5 Å². The van der Waals surface area contributed by atoms with Crippen molar-refractivity contribution in [1.82, 2.24) is 44.3 Å². The van der Waals surface area contributed by atoms with Gasteiger partial charge in [-0.1, -0.05) is 69.2 Å². The van der Waals surface area contributed by atoms with Gasteiger partial charge in [0.25, 0.3) is 11.8 Å². The fraction of sp³-hybridized carbons (Fsp3) is 0.422. The molecule has 4 aromatic heterocycles. The number of nitrogens with zero attached hydrogens (tertiary/aromatic N) is 8. The molecule has 1 aliphatic heterocycles. The summed E-state index contributed by atoms with van der Waals surface area (Å²) in [6.07, 6.45) is 9.01. The molecule has 2 saturated carbocycles. The SMILES string of the molecule is C.C.CCN(C(C)C)C(C)C.NC1CC1.O=C(NC1CC1)c1nc2cccnn2c1-c1ccc(Cl)cc1.O=C(c1nc2cccnn2c1-c1ccc(Cl)cc1)N1CCC1.[3H][B].[U]. The molecule has 0 unspecified atom stereocenters. The normalized spacial score (nSPS) is 13.8. The molecule has 0 spiro atoms. The van der Waals surface area contributed by atoms with Crippen molar-refractivity contribution in [3.05, 3.63) is 107 Å². The molecular formula is C45H61BCl2N10O2U. The zero-order valence-corrected chi connectivity index (χ0v) is 40.0. The van der Waals surface area contributed by atoms with Gasteiger partial charge in [0.2, 0.25) is 0 Å². The Balaban J connectivity index is 0.000000312. The van der Waals surface area contributed by atoms with Gasteiger partial charge in [0.15, 0.2) is 22.7 Å². The number of hydrogen-bond donors (Lipinski definition) is 2. The maximum absolute atomic E-state index is 12.7. The minimum absolute atomic E-state index is 0. The van der Waals surface area contributed by atoms with Gasteiger partial charge in [-0.25, -0.2) is 19.0 Å². The molecule has 3 N–H and O–H groups in total. The predicted octanol–water partition coefficient (Wildman–Crippen LogP) is 8.69. The Morgan fingerprint density at radius 3 is 1.56 bits per heavy atom. The summed E-state index contributed by atoms with van der Waals surface area (Å²) in [5.74, 6) is -0.195. The van der Waals surface area contributed by atoms with Crippen LogP contribution in [0.25, 0.3) is 33.8 Å². The standard InChI is InChI=1S/2C16H13ClN4O.C8H19N.C3H7N.2CH4.BH.U/c17-12-6-4-11(5-7-12)15-14(16(22)20-9-2-10-20)19-13-3-1-8-18-21(13)15;17-11-5-3-10(4-6-11)15-14(16(22)19-12-7-8-12)20-13-2-1-9-18-21(13)15;1-6-9(7(2)3)8(4)5;4-3-1-2-3;;;;/h1,3-8H,2,9-10H2;1-6,9,12H,7-8H2,(H,19,22);7-8H,6H2,1-5H3;3H,1-2,4H2;2*1H4;1H;/i;;;;;;1T;. The summed E-state index contributed by atoms with van der Waals surface area (Å²) in [7, 11) is 3.75. The Morgan fingerprint density at radius 1 is 0.787 bits per heavy atom. The first-order valence-corrected chi connectivity index (χ1v) is 20.5. The minimum Gasteiger partial charge on any atom is -0.348 e. The maximum atomic E-state index is 12.7. The van der Waals surface area contributed by atoms with Crippen molar-refractivity contribution in [2.24, 2.45) is 5.73 Å². The average molecular weight is 1100 g/mol. The monoisotopic (exact) mass is 1090 g/mol. The van der Waals surface area contributed by atoms with E-state index in [2.05, 4.69) is 73.4 Å². The number of fused-ring (bicyclic) bond motifs is 2. The van der Waals surface area contributed by atoms with E-state index in [9.17, 15) is 9.59 Å². The van der Waals surface area contributed by atoms with E-state index in [1.165, 1.54) is 12.8 Å². The quantitative estimate of drug-likeness (QED) is 0.145. The fourth-order valence-electron chi connectivity index (χ4n) is 6.39. The third-order valence-corrected chi connectivity index (χ3v) is 10.3. The molecule has 2 radical (unpaired) electrons. The zero-order chi connectivity index (χ0) is 42.6. The number of benzene rings is 2.